The van der Waals surface area contributed by atoms with Crippen LogP contribution in [-0.2, 0) is 0 Å². The molecule has 0 rings (SSSR count). The Labute approximate surface area is 122 Å². The lowest BCUT2D eigenvalue weighted by atomic mass is 9.84. The Morgan fingerprint density at radius 3 is 2.11 bits per heavy atom. The first kappa shape index (κ1) is 18.9. The van der Waals surface area contributed by atoms with Crippen LogP contribution in [0.1, 0.15) is 67.7 Å². The highest BCUT2D eigenvalue weighted by Crippen LogP contribution is 2.25. The Balaban J connectivity index is 4.43. The fourth-order valence-corrected chi connectivity index (χ4v) is 2.68. The predicted octanol–water partition coefficient (Wildman–Crippen LogP) is 4.16. The van der Waals surface area contributed by atoms with Crippen LogP contribution in [-0.4, -0.2) is 37.1 Å². The van der Waals surface area contributed by atoms with E-state index < -0.39 is 0 Å². The van der Waals surface area contributed by atoms with Gasteiger partial charge in [0.25, 0.3) is 0 Å². The van der Waals surface area contributed by atoms with E-state index in [0.717, 1.165) is 12.5 Å². The van der Waals surface area contributed by atoms with Gasteiger partial charge < -0.3 is 10.2 Å². The van der Waals surface area contributed by atoms with Gasteiger partial charge in [-0.2, -0.15) is 0 Å². The first-order valence-electron chi connectivity index (χ1n) is 8.05. The van der Waals surface area contributed by atoms with Crippen LogP contribution in [0.4, 0.5) is 0 Å². The fourth-order valence-electron chi connectivity index (χ4n) is 2.68. The standard InChI is InChI=1S/C17H38N2/c1-9-11-17(7,13-18-16(4,5)6)14-19(8)12-15(3)10-2/h15,18H,9-14H2,1-8H3. The minimum absolute atomic E-state index is 0.213. The molecule has 116 valence electrons. The summed E-state index contributed by atoms with van der Waals surface area (Å²) in [6.07, 6.45) is 3.83. The third-order valence-corrected chi connectivity index (χ3v) is 3.87. The summed E-state index contributed by atoms with van der Waals surface area (Å²) in [4.78, 5) is 2.52. The van der Waals surface area contributed by atoms with E-state index in [1.54, 1.807) is 0 Å². The molecule has 2 unspecified atom stereocenters. The van der Waals surface area contributed by atoms with Gasteiger partial charge in [-0.25, -0.2) is 0 Å². The molecule has 0 aromatic heterocycles. The van der Waals surface area contributed by atoms with Gasteiger partial charge in [-0.3, -0.25) is 0 Å². The number of nitrogens with one attached hydrogen (secondary N) is 1. The number of hydrogen-bond donors (Lipinski definition) is 1. The van der Waals surface area contributed by atoms with Crippen LogP contribution < -0.4 is 5.32 Å². The fraction of sp³-hybridized carbons (Fsp3) is 1.00. The number of rotatable bonds is 9. The lowest BCUT2D eigenvalue weighted by Gasteiger charge is -2.37. The molecule has 0 aliphatic heterocycles. The molecule has 0 saturated heterocycles. The average Bonchev–Trinajstić information content (AvgIpc) is 2.25. The second-order valence-electron chi connectivity index (χ2n) is 7.87. The highest BCUT2D eigenvalue weighted by Gasteiger charge is 2.27. The van der Waals surface area contributed by atoms with E-state index in [-0.39, 0.29) is 5.54 Å². The van der Waals surface area contributed by atoms with E-state index in [2.05, 4.69) is 65.7 Å². The van der Waals surface area contributed by atoms with Crippen molar-refractivity contribution in [1.82, 2.24) is 10.2 Å². The molecule has 2 heteroatoms. The van der Waals surface area contributed by atoms with Gasteiger partial charge in [-0.1, -0.05) is 40.5 Å². The molecule has 0 aromatic carbocycles. The van der Waals surface area contributed by atoms with Gasteiger partial charge in [0, 0.05) is 25.2 Å². The molecule has 19 heavy (non-hydrogen) atoms. The first-order valence-corrected chi connectivity index (χ1v) is 8.05. The maximum absolute atomic E-state index is 3.69. The number of hydrogen-bond acceptors (Lipinski definition) is 2. The first-order chi connectivity index (χ1) is 8.62. The topological polar surface area (TPSA) is 15.3 Å². The summed E-state index contributed by atoms with van der Waals surface area (Å²) in [7, 11) is 2.27. The zero-order valence-electron chi connectivity index (χ0n) is 14.8. The second-order valence-corrected chi connectivity index (χ2v) is 7.87. The lowest BCUT2D eigenvalue weighted by Crippen LogP contribution is -2.47. The molecule has 0 aromatic rings. The molecule has 0 fully saturated rings. The SMILES string of the molecule is CCCC(C)(CNC(C)(C)C)CN(C)CC(C)CC. The molecular formula is C17H38N2. The van der Waals surface area contributed by atoms with Gasteiger partial charge in [-0.15, -0.1) is 0 Å². The van der Waals surface area contributed by atoms with E-state index in [9.17, 15) is 0 Å². The molecule has 0 radical (unpaired) electrons. The van der Waals surface area contributed by atoms with Crippen LogP contribution >= 0.6 is 0 Å². The van der Waals surface area contributed by atoms with Crippen LogP contribution in [0.3, 0.4) is 0 Å². The lowest BCUT2D eigenvalue weighted by molar-refractivity contribution is 0.149. The highest BCUT2D eigenvalue weighted by molar-refractivity contribution is 4.83. The summed E-state index contributed by atoms with van der Waals surface area (Å²) in [5.74, 6) is 0.798. The summed E-state index contributed by atoms with van der Waals surface area (Å²) in [6.45, 7) is 19.6. The third kappa shape index (κ3) is 9.45. The van der Waals surface area contributed by atoms with Gasteiger partial charge in [0.2, 0.25) is 0 Å². The highest BCUT2D eigenvalue weighted by atomic mass is 15.1. The Morgan fingerprint density at radius 2 is 1.68 bits per heavy atom. The van der Waals surface area contributed by atoms with Crippen molar-refractivity contribution in [2.45, 2.75) is 73.3 Å². The Kier molecular flexibility index (Phi) is 8.23. The van der Waals surface area contributed by atoms with Crippen molar-refractivity contribution in [3.05, 3.63) is 0 Å². The molecule has 0 heterocycles. The quantitative estimate of drug-likeness (QED) is 0.677. The van der Waals surface area contributed by atoms with Crippen molar-refractivity contribution in [2.24, 2.45) is 11.3 Å². The predicted molar refractivity (Wildman–Crippen MR) is 87.7 cm³/mol. The molecule has 1 N–H and O–H groups in total. The van der Waals surface area contributed by atoms with Crippen LogP contribution in [0, 0.1) is 11.3 Å². The summed E-state index contributed by atoms with van der Waals surface area (Å²) < 4.78 is 0. The third-order valence-electron chi connectivity index (χ3n) is 3.87. The van der Waals surface area contributed by atoms with E-state index in [1.165, 1.54) is 32.4 Å². The van der Waals surface area contributed by atoms with Crippen LogP contribution in [0.5, 0.6) is 0 Å². The van der Waals surface area contributed by atoms with Crippen molar-refractivity contribution >= 4 is 0 Å². The summed E-state index contributed by atoms with van der Waals surface area (Å²) in [5, 5.41) is 3.69. The Bertz CT molecular complexity index is 232. The summed E-state index contributed by atoms with van der Waals surface area (Å²) >= 11 is 0. The summed E-state index contributed by atoms with van der Waals surface area (Å²) in [6, 6.07) is 0. The van der Waals surface area contributed by atoms with Crippen molar-refractivity contribution < 1.29 is 0 Å². The van der Waals surface area contributed by atoms with E-state index in [4.69, 9.17) is 0 Å². The maximum Gasteiger partial charge on any atom is 0.00967 e. The van der Waals surface area contributed by atoms with Crippen LogP contribution in [0.2, 0.25) is 0 Å². The normalized spacial score (nSPS) is 17.5. The minimum atomic E-state index is 0.213. The minimum Gasteiger partial charge on any atom is -0.311 e. The van der Waals surface area contributed by atoms with Crippen LogP contribution in [0.25, 0.3) is 0 Å². The monoisotopic (exact) mass is 270 g/mol. The zero-order valence-corrected chi connectivity index (χ0v) is 14.8. The van der Waals surface area contributed by atoms with Gasteiger partial charge in [0.15, 0.2) is 0 Å². The van der Waals surface area contributed by atoms with Crippen molar-refractivity contribution in [1.29, 1.82) is 0 Å². The molecule has 0 spiro atoms. The average molecular weight is 271 g/mol. The Hall–Kier alpha value is -0.0800. The van der Waals surface area contributed by atoms with Gasteiger partial charge in [-0.05, 0) is 45.6 Å². The maximum atomic E-state index is 3.69. The van der Waals surface area contributed by atoms with E-state index in [1.807, 2.05) is 0 Å². The van der Waals surface area contributed by atoms with Gasteiger partial charge >= 0.3 is 0 Å². The molecule has 2 nitrogen and oxygen atoms in total. The van der Waals surface area contributed by atoms with E-state index >= 15 is 0 Å². The largest absolute Gasteiger partial charge is 0.311 e. The van der Waals surface area contributed by atoms with Gasteiger partial charge in [0.1, 0.15) is 0 Å². The molecule has 2 atom stereocenters. The molecule has 0 amide bonds. The number of nitrogens with zero attached hydrogens (tertiary/aromatic N) is 1. The van der Waals surface area contributed by atoms with Crippen molar-refractivity contribution in [3.8, 4) is 0 Å². The van der Waals surface area contributed by atoms with Gasteiger partial charge in [0.05, 0.1) is 0 Å². The zero-order chi connectivity index (χ0) is 15.1. The van der Waals surface area contributed by atoms with E-state index in [0.29, 0.717) is 5.41 Å². The smallest absolute Gasteiger partial charge is 0.00967 e. The van der Waals surface area contributed by atoms with Crippen molar-refractivity contribution in [2.75, 3.05) is 26.7 Å². The van der Waals surface area contributed by atoms with Crippen molar-refractivity contribution in [3.63, 3.8) is 0 Å². The summed E-state index contributed by atoms with van der Waals surface area (Å²) in [5.41, 5.74) is 0.592. The molecule has 0 aliphatic carbocycles. The molecule has 0 aliphatic rings. The molecule has 0 saturated carbocycles. The molecule has 0 bridgehead atoms. The van der Waals surface area contributed by atoms with Crippen LogP contribution in [0.15, 0.2) is 0 Å². The molecular weight excluding hydrogens is 232 g/mol. The second kappa shape index (κ2) is 8.26. The Morgan fingerprint density at radius 1 is 1.11 bits per heavy atom.